The summed E-state index contributed by atoms with van der Waals surface area (Å²) >= 11 is -0.372. The molecule has 2 aromatic carbocycles. The van der Waals surface area contributed by atoms with Gasteiger partial charge in [0.15, 0.2) is 0 Å². The first kappa shape index (κ1) is 28.1. The van der Waals surface area contributed by atoms with Gasteiger partial charge in [-0.05, 0) is 0 Å². The van der Waals surface area contributed by atoms with Crippen LogP contribution in [0, 0.1) is 0 Å². The van der Waals surface area contributed by atoms with Gasteiger partial charge in [0.1, 0.15) is 0 Å². The molecule has 0 fully saturated rings. The first-order valence-corrected chi connectivity index (χ1v) is 13.5. The average molecular weight is 549 g/mol. The number of esters is 4. The summed E-state index contributed by atoms with van der Waals surface area (Å²) in [7, 11) is 0. The number of ether oxygens (including phenoxy) is 4. The monoisotopic (exact) mass is 550 g/mol. The molecule has 0 aliphatic carbocycles. The van der Waals surface area contributed by atoms with Crippen molar-refractivity contribution in [1.29, 1.82) is 0 Å². The van der Waals surface area contributed by atoms with Crippen LogP contribution in [0.1, 0.15) is 76.1 Å². The van der Waals surface area contributed by atoms with Gasteiger partial charge < -0.3 is 0 Å². The Labute approximate surface area is 211 Å². The van der Waals surface area contributed by atoms with Gasteiger partial charge >= 0.3 is 211 Å². The molecule has 0 spiro atoms. The van der Waals surface area contributed by atoms with Crippen molar-refractivity contribution in [1.82, 2.24) is 0 Å². The van der Waals surface area contributed by atoms with Gasteiger partial charge in [0, 0.05) is 0 Å². The van der Waals surface area contributed by atoms with E-state index >= 15 is 0 Å². The molecule has 2 rings (SSSR count). The SMILES string of the molecule is CCOC(=O)c1c([Se]CC)c(-c2ccccc2)c(C(=O)OCC)c(C(=O)OCC)c1C(=O)OCC. The molecule has 0 radical (unpaired) electrons. The zero-order valence-electron chi connectivity index (χ0n) is 20.6. The summed E-state index contributed by atoms with van der Waals surface area (Å²) in [6, 6.07) is 8.90. The van der Waals surface area contributed by atoms with E-state index in [1.807, 2.05) is 13.0 Å². The van der Waals surface area contributed by atoms with Crippen LogP contribution < -0.4 is 4.46 Å². The van der Waals surface area contributed by atoms with Gasteiger partial charge in [-0.3, -0.25) is 0 Å². The van der Waals surface area contributed by atoms with Crippen molar-refractivity contribution in [2.75, 3.05) is 26.4 Å². The van der Waals surface area contributed by atoms with Crippen LogP contribution >= 0.6 is 0 Å². The molecular weight excluding hydrogens is 519 g/mol. The zero-order chi connectivity index (χ0) is 26.0. The van der Waals surface area contributed by atoms with E-state index in [1.165, 1.54) is 0 Å². The van der Waals surface area contributed by atoms with Crippen molar-refractivity contribution in [2.24, 2.45) is 0 Å². The maximum atomic E-state index is 13.4. The summed E-state index contributed by atoms with van der Waals surface area (Å²) in [5.41, 5.74) is 0.0376. The van der Waals surface area contributed by atoms with E-state index in [9.17, 15) is 19.2 Å². The molecule has 0 unspecified atom stereocenters. The first-order chi connectivity index (χ1) is 16.9. The molecule has 0 saturated heterocycles. The van der Waals surface area contributed by atoms with Crippen LogP contribution in [0.15, 0.2) is 30.3 Å². The van der Waals surface area contributed by atoms with E-state index in [0.29, 0.717) is 20.9 Å². The summed E-state index contributed by atoms with van der Waals surface area (Å²) in [6.07, 6.45) is 0. The number of carbonyl (C=O) groups excluding carboxylic acids is 4. The minimum absolute atomic E-state index is 0.00715. The molecule has 0 bridgehead atoms. The second-order valence-corrected chi connectivity index (χ2v) is 9.56. The summed E-state index contributed by atoms with van der Waals surface area (Å²) in [5, 5.41) is 0.641. The number of rotatable bonds is 11. The molecule has 0 atom stereocenters. The predicted octanol–water partition coefficient (Wildman–Crippen LogP) is 3.83. The number of hydrogen-bond acceptors (Lipinski definition) is 8. The minimum atomic E-state index is -0.933. The van der Waals surface area contributed by atoms with E-state index in [2.05, 4.69) is 0 Å². The summed E-state index contributed by atoms with van der Waals surface area (Å²) < 4.78 is 21.6. The number of benzene rings is 2. The van der Waals surface area contributed by atoms with Gasteiger partial charge in [-0.1, -0.05) is 0 Å². The van der Waals surface area contributed by atoms with Crippen LogP contribution in [-0.2, 0) is 18.9 Å². The molecule has 0 aliphatic heterocycles. The fraction of sp³-hybridized carbons (Fsp3) is 0.385. The standard InChI is InChI=1S/C26H30O8Se/c1-6-31-23(27)18-17(16-14-12-11-13-15-16)22(35-10-5)21(26(30)34-9-4)20(25(29)33-8-3)19(18)24(28)32-7-2/h11-15H,6-10H2,1-5H3. The van der Waals surface area contributed by atoms with Crippen LogP contribution in [0.5, 0.6) is 0 Å². The van der Waals surface area contributed by atoms with Crippen molar-refractivity contribution in [2.45, 2.75) is 39.9 Å². The molecule has 2 aromatic rings. The third kappa shape index (κ3) is 6.29. The van der Waals surface area contributed by atoms with Crippen LogP contribution in [-0.4, -0.2) is 65.3 Å². The Kier molecular flexibility index (Phi) is 11.0. The van der Waals surface area contributed by atoms with Crippen LogP contribution in [0.25, 0.3) is 11.1 Å². The van der Waals surface area contributed by atoms with Crippen LogP contribution in [0.2, 0.25) is 5.32 Å². The van der Waals surface area contributed by atoms with E-state index in [1.54, 1.807) is 52.0 Å². The molecule has 9 heteroatoms. The fourth-order valence-electron chi connectivity index (χ4n) is 3.52. The van der Waals surface area contributed by atoms with Gasteiger partial charge in [-0.15, -0.1) is 0 Å². The van der Waals surface area contributed by atoms with Crippen molar-refractivity contribution in [3.05, 3.63) is 52.6 Å². The van der Waals surface area contributed by atoms with E-state index in [0.717, 1.165) is 0 Å². The number of hydrogen-bond donors (Lipinski definition) is 0. The average Bonchev–Trinajstić information content (AvgIpc) is 2.84. The van der Waals surface area contributed by atoms with Crippen molar-refractivity contribution >= 4 is 43.3 Å². The Hall–Kier alpha value is -3.16. The fourth-order valence-corrected chi connectivity index (χ4v) is 5.58. The summed E-state index contributed by atoms with van der Waals surface area (Å²) in [4.78, 5) is 53.2. The van der Waals surface area contributed by atoms with Crippen LogP contribution in [0.3, 0.4) is 0 Å². The Bertz CT molecular complexity index is 1080. The Morgan fingerprint density at radius 3 is 1.43 bits per heavy atom. The third-order valence-electron chi connectivity index (χ3n) is 4.72. The van der Waals surface area contributed by atoms with E-state index < -0.39 is 23.9 Å². The van der Waals surface area contributed by atoms with Crippen molar-refractivity contribution < 1.29 is 38.1 Å². The molecule has 0 aromatic heterocycles. The van der Waals surface area contributed by atoms with Crippen molar-refractivity contribution in [3.8, 4) is 11.1 Å². The normalized spacial score (nSPS) is 10.4. The quantitative estimate of drug-likeness (QED) is 0.237. The van der Waals surface area contributed by atoms with Gasteiger partial charge in [0.25, 0.3) is 0 Å². The molecule has 8 nitrogen and oxygen atoms in total. The van der Waals surface area contributed by atoms with Gasteiger partial charge in [0.2, 0.25) is 0 Å². The second kappa shape index (κ2) is 13.7. The van der Waals surface area contributed by atoms with E-state index in [4.69, 9.17) is 18.9 Å². The van der Waals surface area contributed by atoms with Crippen molar-refractivity contribution in [3.63, 3.8) is 0 Å². The maximum absolute atomic E-state index is 13.4. The molecule has 188 valence electrons. The summed E-state index contributed by atoms with van der Waals surface area (Å²) in [6.45, 7) is 8.48. The third-order valence-corrected chi connectivity index (χ3v) is 6.79. The number of carbonyl (C=O) groups is 4. The summed E-state index contributed by atoms with van der Waals surface area (Å²) in [5.74, 6) is -3.43. The zero-order valence-corrected chi connectivity index (χ0v) is 22.3. The predicted molar refractivity (Wildman–Crippen MR) is 132 cm³/mol. The Balaban J connectivity index is 3.25. The molecule has 35 heavy (non-hydrogen) atoms. The Morgan fingerprint density at radius 2 is 1.00 bits per heavy atom. The molecule has 0 N–H and O–H groups in total. The van der Waals surface area contributed by atoms with Gasteiger partial charge in [-0.25, -0.2) is 0 Å². The second-order valence-electron chi connectivity index (χ2n) is 6.89. The van der Waals surface area contributed by atoms with E-state index in [-0.39, 0.29) is 63.6 Å². The molecule has 0 saturated carbocycles. The molecule has 0 amide bonds. The van der Waals surface area contributed by atoms with Crippen LogP contribution in [0.4, 0.5) is 0 Å². The molecule has 0 aliphatic rings. The van der Waals surface area contributed by atoms with Gasteiger partial charge in [-0.2, -0.15) is 0 Å². The first-order valence-electron chi connectivity index (χ1n) is 11.5. The molecular formula is C26H30O8Se. The molecule has 0 heterocycles. The van der Waals surface area contributed by atoms with Gasteiger partial charge in [0.05, 0.1) is 0 Å². The topological polar surface area (TPSA) is 105 Å². The Morgan fingerprint density at radius 1 is 0.600 bits per heavy atom.